The molecule has 3 unspecified atom stereocenters. The second kappa shape index (κ2) is 7.78. The van der Waals surface area contributed by atoms with Gasteiger partial charge in [0.05, 0.1) is 31.2 Å². The lowest BCUT2D eigenvalue weighted by molar-refractivity contribution is -0.0909. The van der Waals surface area contributed by atoms with Gasteiger partial charge in [0, 0.05) is 19.6 Å². The van der Waals surface area contributed by atoms with Crippen molar-refractivity contribution in [3.8, 4) is 0 Å². The summed E-state index contributed by atoms with van der Waals surface area (Å²) in [6.45, 7) is 7.31. The molecule has 1 aromatic rings. The average Bonchev–Trinajstić information content (AvgIpc) is 2.91. The van der Waals surface area contributed by atoms with Gasteiger partial charge in [-0.1, -0.05) is 6.92 Å². The lowest BCUT2D eigenvalue weighted by Gasteiger charge is -2.37. The first kappa shape index (κ1) is 15.5. The van der Waals surface area contributed by atoms with Crippen molar-refractivity contribution in [1.82, 2.24) is 4.90 Å². The van der Waals surface area contributed by atoms with Crippen LogP contribution in [0.2, 0.25) is 0 Å². The van der Waals surface area contributed by atoms with Crippen LogP contribution < -0.4 is 0 Å². The molecule has 0 amide bonds. The Bertz CT molecular complexity index is 368. The van der Waals surface area contributed by atoms with Crippen LogP contribution in [-0.4, -0.2) is 54.6 Å². The van der Waals surface area contributed by atoms with Gasteiger partial charge < -0.3 is 19.0 Å². The maximum Gasteiger partial charge on any atom is 0.129 e. The van der Waals surface area contributed by atoms with Crippen molar-refractivity contribution in [2.75, 3.05) is 26.2 Å². The maximum absolute atomic E-state index is 10.0. The predicted molar refractivity (Wildman–Crippen MR) is 75.4 cm³/mol. The maximum atomic E-state index is 10.0. The number of aliphatic hydroxyl groups excluding tert-OH is 1. The molecule has 20 heavy (non-hydrogen) atoms. The molecule has 3 atom stereocenters. The molecule has 2 heterocycles. The number of furan rings is 1. The van der Waals surface area contributed by atoms with Crippen LogP contribution in [-0.2, 0) is 16.1 Å². The van der Waals surface area contributed by atoms with Gasteiger partial charge in [0.25, 0.3) is 0 Å². The summed E-state index contributed by atoms with van der Waals surface area (Å²) in [4.78, 5) is 2.25. The molecule has 0 aromatic carbocycles. The Kier molecular flexibility index (Phi) is 6.04. The van der Waals surface area contributed by atoms with Crippen molar-refractivity contribution in [2.45, 2.75) is 45.2 Å². The molecule has 1 fully saturated rings. The number of ether oxygens (including phenoxy) is 2. The van der Waals surface area contributed by atoms with E-state index in [1.54, 1.807) is 6.26 Å². The van der Waals surface area contributed by atoms with E-state index < -0.39 is 6.10 Å². The van der Waals surface area contributed by atoms with E-state index in [1.807, 2.05) is 12.1 Å². The Morgan fingerprint density at radius 1 is 1.50 bits per heavy atom. The third-order valence-electron chi connectivity index (χ3n) is 3.46. The molecule has 0 bridgehead atoms. The Balaban J connectivity index is 1.66. The highest BCUT2D eigenvalue weighted by Gasteiger charge is 2.25. The van der Waals surface area contributed by atoms with Crippen molar-refractivity contribution in [2.24, 2.45) is 0 Å². The minimum Gasteiger partial charge on any atom is -0.467 e. The van der Waals surface area contributed by atoms with Gasteiger partial charge >= 0.3 is 0 Å². The molecule has 1 aliphatic heterocycles. The van der Waals surface area contributed by atoms with E-state index >= 15 is 0 Å². The first-order valence-corrected chi connectivity index (χ1v) is 7.33. The number of β-amino-alcohol motifs (C(OH)–C–C–N with tert-alkyl or cyclic N) is 1. The molecule has 0 radical (unpaired) electrons. The molecule has 114 valence electrons. The molecular weight excluding hydrogens is 258 g/mol. The minimum absolute atomic E-state index is 0.227. The number of aliphatic hydroxyl groups is 1. The lowest BCUT2D eigenvalue weighted by atomic mass is 10.1. The topological polar surface area (TPSA) is 55.1 Å². The smallest absolute Gasteiger partial charge is 0.129 e. The van der Waals surface area contributed by atoms with Crippen LogP contribution in [0.3, 0.4) is 0 Å². The largest absolute Gasteiger partial charge is 0.467 e. The molecule has 1 aromatic heterocycles. The third kappa shape index (κ3) is 4.90. The van der Waals surface area contributed by atoms with E-state index in [4.69, 9.17) is 13.9 Å². The van der Waals surface area contributed by atoms with Crippen LogP contribution in [0, 0.1) is 0 Å². The van der Waals surface area contributed by atoms with Crippen LogP contribution in [0.4, 0.5) is 0 Å². The second-order valence-electron chi connectivity index (χ2n) is 5.44. The Hall–Kier alpha value is -0.880. The van der Waals surface area contributed by atoms with Gasteiger partial charge in [-0.25, -0.2) is 0 Å². The summed E-state index contributed by atoms with van der Waals surface area (Å²) in [5.74, 6) is 0.781. The zero-order valence-electron chi connectivity index (χ0n) is 12.3. The van der Waals surface area contributed by atoms with Crippen molar-refractivity contribution >= 4 is 0 Å². The molecule has 1 saturated heterocycles. The number of hydrogen-bond donors (Lipinski definition) is 1. The minimum atomic E-state index is -0.479. The van der Waals surface area contributed by atoms with Crippen LogP contribution in [0.1, 0.15) is 26.0 Å². The fourth-order valence-electron chi connectivity index (χ4n) is 2.56. The first-order valence-electron chi connectivity index (χ1n) is 7.33. The normalized spacial score (nSPS) is 25.8. The molecule has 1 N–H and O–H groups in total. The van der Waals surface area contributed by atoms with E-state index in [9.17, 15) is 5.11 Å². The highest BCUT2D eigenvalue weighted by Crippen LogP contribution is 2.14. The number of nitrogens with zero attached hydrogens (tertiary/aromatic N) is 1. The molecular formula is C15H25NO4. The van der Waals surface area contributed by atoms with Crippen LogP contribution in [0.25, 0.3) is 0 Å². The molecule has 5 heteroatoms. The van der Waals surface area contributed by atoms with Gasteiger partial charge in [-0.2, -0.15) is 0 Å². The number of morpholine rings is 1. The van der Waals surface area contributed by atoms with E-state index in [0.717, 1.165) is 25.3 Å². The zero-order chi connectivity index (χ0) is 14.4. The molecule has 5 nitrogen and oxygen atoms in total. The SMILES string of the molecule is CCC1CN(CC(O)COCc2ccco2)CC(C)O1. The van der Waals surface area contributed by atoms with E-state index in [2.05, 4.69) is 18.7 Å². The summed E-state index contributed by atoms with van der Waals surface area (Å²) in [5, 5.41) is 10.0. The first-order chi connectivity index (χ1) is 9.67. The van der Waals surface area contributed by atoms with E-state index in [1.165, 1.54) is 0 Å². The molecule has 0 spiro atoms. The summed E-state index contributed by atoms with van der Waals surface area (Å²) in [6.07, 6.45) is 2.65. The fourth-order valence-corrected chi connectivity index (χ4v) is 2.56. The molecule has 2 rings (SSSR count). The van der Waals surface area contributed by atoms with E-state index in [-0.39, 0.29) is 12.2 Å². The van der Waals surface area contributed by atoms with Crippen LogP contribution in [0.5, 0.6) is 0 Å². The fraction of sp³-hybridized carbons (Fsp3) is 0.733. The molecule has 0 aliphatic carbocycles. The average molecular weight is 283 g/mol. The van der Waals surface area contributed by atoms with Crippen molar-refractivity contribution < 1.29 is 19.0 Å². The highest BCUT2D eigenvalue weighted by atomic mass is 16.5. The highest BCUT2D eigenvalue weighted by molar-refractivity contribution is 4.96. The molecule has 0 saturated carbocycles. The Morgan fingerprint density at radius 3 is 3.05 bits per heavy atom. The number of hydrogen-bond acceptors (Lipinski definition) is 5. The van der Waals surface area contributed by atoms with Gasteiger partial charge in [0.15, 0.2) is 0 Å². The van der Waals surface area contributed by atoms with Gasteiger partial charge in [-0.05, 0) is 25.5 Å². The van der Waals surface area contributed by atoms with Gasteiger partial charge in [-0.15, -0.1) is 0 Å². The quantitative estimate of drug-likeness (QED) is 0.824. The Labute approximate surface area is 120 Å². The van der Waals surface area contributed by atoms with Crippen molar-refractivity contribution in [3.63, 3.8) is 0 Å². The third-order valence-corrected chi connectivity index (χ3v) is 3.46. The number of rotatable bonds is 7. The summed E-state index contributed by atoms with van der Waals surface area (Å²) in [5.41, 5.74) is 0. The summed E-state index contributed by atoms with van der Waals surface area (Å²) in [7, 11) is 0. The molecule has 1 aliphatic rings. The monoisotopic (exact) mass is 283 g/mol. The second-order valence-corrected chi connectivity index (χ2v) is 5.44. The van der Waals surface area contributed by atoms with Gasteiger partial charge in [0.2, 0.25) is 0 Å². The van der Waals surface area contributed by atoms with Crippen LogP contribution in [0.15, 0.2) is 22.8 Å². The summed E-state index contributed by atoms with van der Waals surface area (Å²) in [6, 6.07) is 3.69. The van der Waals surface area contributed by atoms with Gasteiger partial charge in [0.1, 0.15) is 12.4 Å². The van der Waals surface area contributed by atoms with Crippen molar-refractivity contribution in [3.05, 3.63) is 24.2 Å². The zero-order valence-corrected chi connectivity index (χ0v) is 12.3. The lowest BCUT2D eigenvalue weighted by Crippen LogP contribution is -2.49. The van der Waals surface area contributed by atoms with Crippen LogP contribution >= 0.6 is 0 Å². The Morgan fingerprint density at radius 2 is 2.35 bits per heavy atom. The summed E-state index contributed by atoms with van der Waals surface area (Å²) < 4.78 is 16.4. The predicted octanol–water partition coefficient (Wildman–Crippen LogP) is 1.66. The van der Waals surface area contributed by atoms with Crippen molar-refractivity contribution in [1.29, 1.82) is 0 Å². The van der Waals surface area contributed by atoms with E-state index in [0.29, 0.717) is 19.8 Å². The summed E-state index contributed by atoms with van der Waals surface area (Å²) >= 11 is 0. The standard InChI is InChI=1S/C15H25NO4/c1-3-14-9-16(7-12(2)20-14)8-13(17)10-18-11-15-5-4-6-19-15/h4-6,12-14,17H,3,7-11H2,1-2H3. The van der Waals surface area contributed by atoms with Gasteiger partial charge in [-0.3, -0.25) is 4.90 Å².